The Balaban J connectivity index is 0.000000250. The first-order chi connectivity index (χ1) is 14.5. The molecule has 0 radical (unpaired) electrons. The number of fused-ring (bicyclic) bond motifs is 5. The van der Waals surface area contributed by atoms with E-state index in [0.29, 0.717) is 35.4 Å². The zero-order valence-electron chi connectivity index (χ0n) is 18.8. The molecule has 5 fully saturated rings. The average Bonchev–Trinajstić information content (AvgIpc) is 3.56. The van der Waals surface area contributed by atoms with Crippen molar-refractivity contribution in [2.24, 2.45) is 34.5 Å². The maximum atomic E-state index is 12.7. The second-order valence-corrected chi connectivity index (χ2v) is 10.2. The third-order valence-corrected chi connectivity index (χ3v) is 8.18. The molecule has 1 heterocycles. The van der Waals surface area contributed by atoms with Crippen molar-refractivity contribution < 1.29 is 30.7 Å². The number of rotatable bonds is 4. The summed E-state index contributed by atoms with van der Waals surface area (Å²) in [6.07, 6.45) is 11.6. The van der Waals surface area contributed by atoms with Crippen LogP contribution >= 0.6 is 0 Å². The smallest absolute Gasteiger partial charge is 0.328 e. The fourth-order valence-corrected chi connectivity index (χ4v) is 6.59. The van der Waals surface area contributed by atoms with Gasteiger partial charge in [-0.15, -0.1) is 0 Å². The SMILES string of the molecule is O=C(O)/C=C/C(=O)O.[2H][C@@]1(CN(C)C)C(=O)O[C@@H]2[C@@H]3[C@@H](CCC34CC4)C3(CC[C@H]21)CC3. The number of nitrogens with zero attached hydrogens (tertiary/aromatic N) is 1. The molecule has 166 valence electrons. The van der Waals surface area contributed by atoms with E-state index >= 15 is 0 Å². The van der Waals surface area contributed by atoms with Gasteiger partial charge in [0.25, 0.3) is 0 Å². The molecule has 5 aliphatic rings. The monoisotopic (exact) mass is 420 g/mol. The minimum Gasteiger partial charge on any atom is -0.478 e. The normalized spacial score (nSPS) is 39.6. The van der Waals surface area contributed by atoms with Crippen molar-refractivity contribution in [1.82, 2.24) is 4.90 Å². The predicted molar refractivity (Wildman–Crippen MR) is 109 cm³/mol. The van der Waals surface area contributed by atoms with E-state index in [-0.39, 0.29) is 18.0 Å². The number of esters is 1. The van der Waals surface area contributed by atoms with Gasteiger partial charge in [0.15, 0.2) is 0 Å². The van der Waals surface area contributed by atoms with Crippen LogP contribution in [0.2, 0.25) is 0 Å². The van der Waals surface area contributed by atoms with Gasteiger partial charge in [-0.1, -0.05) is 0 Å². The Morgan fingerprint density at radius 1 is 1.07 bits per heavy atom. The number of carboxylic acids is 2. The van der Waals surface area contributed by atoms with E-state index in [9.17, 15) is 14.4 Å². The zero-order valence-corrected chi connectivity index (χ0v) is 17.8. The fraction of sp³-hybridized carbons (Fsp3) is 0.783. The van der Waals surface area contributed by atoms with Crippen LogP contribution in [0.3, 0.4) is 0 Å². The number of aliphatic carboxylic acids is 2. The number of carbonyl (C=O) groups is 3. The van der Waals surface area contributed by atoms with Crippen molar-refractivity contribution >= 4 is 17.9 Å². The number of hydrogen-bond acceptors (Lipinski definition) is 5. The van der Waals surface area contributed by atoms with Crippen LogP contribution in [0.25, 0.3) is 0 Å². The Kier molecular flexibility index (Phi) is 5.12. The summed E-state index contributed by atoms with van der Waals surface area (Å²) in [5.41, 5.74) is 1.05. The molecule has 1 saturated heterocycles. The Bertz CT molecular complexity index is 786. The van der Waals surface area contributed by atoms with Crippen molar-refractivity contribution in [3.8, 4) is 0 Å². The molecule has 1 aliphatic heterocycles. The van der Waals surface area contributed by atoms with Crippen LogP contribution in [0, 0.1) is 34.5 Å². The lowest BCUT2D eigenvalue weighted by molar-refractivity contribution is -0.148. The summed E-state index contributed by atoms with van der Waals surface area (Å²) < 4.78 is 15.0. The van der Waals surface area contributed by atoms with Crippen molar-refractivity contribution in [1.29, 1.82) is 0 Å². The maximum Gasteiger partial charge on any atom is 0.328 e. The van der Waals surface area contributed by atoms with E-state index in [4.69, 9.17) is 16.3 Å². The van der Waals surface area contributed by atoms with Gasteiger partial charge in [-0.3, -0.25) is 4.79 Å². The van der Waals surface area contributed by atoms with Crippen LogP contribution in [-0.4, -0.2) is 59.8 Å². The first-order valence-electron chi connectivity index (χ1n) is 11.5. The average molecular weight is 421 g/mol. The maximum absolute atomic E-state index is 12.7. The second kappa shape index (κ2) is 7.66. The molecule has 4 saturated carbocycles. The van der Waals surface area contributed by atoms with Gasteiger partial charge in [-0.2, -0.15) is 0 Å². The van der Waals surface area contributed by atoms with Crippen molar-refractivity contribution in [2.45, 2.75) is 57.5 Å². The molecular formula is C23H33NO6. The molecular weight excluding hydrogens is 386 g/mol. The summed E-state index contributed by atoms with van der Waals surface area (Å²) in [5.74, 6) is -2.35. The van der Waals surface area contributed by atoms with Gasteiger partial charge in [0.05, 0.1) is 5.89 Å². The lowest BCUT2D eigenvalue weighted by atomic mass is 9.73. The highest BCUT2D eigenvalue weighted by Crippen LogP contribution is 2.74. The third-order valence-electron chi connectivity index (χ3n) is 8.18. The summed E-state index contributed by atoms with van der Waals surface area (Å²) in [6, 6.07) is 0. The summed E-state index contributed by atoms with van der Waals surface area (Å²) >= 11 is 0. The largest absolute Gasteiger partial charge is 0.478 e. The molecule has 0 aromatic heterocycles. The molecule has 5 atom stereocenters. The Hall–Kier alpha value is -1.89. The predicted octanol–water partition coefficient (Wildman–Crippen LogP) is 2.80. The molecule has 2 spiro atoms. The molecule has 0 aromatic carbocycles. The Morgan fingerprint density at radius 3 is 2.13 bits per heavy atom. The molecule has 0 aromatic rings. The van der Waals surface area contributed by atoms with Crippen molar-refractivity contribution in [3.05, 3.63) is 12.2 Å². The van der Waals surface area contributed by atoms with Gasteiger partial charge in [0.1, 0.15) is 6.10 Å². The van der Waals surface area contributed by atoms with Crippen LogP contribution in [0.5, 0.6) is 0 Å². The molecule has 30 heavy (non-hydrogen) atoms. The van der Waals surface area contributed by atoms with Crippen molar-refractivity contribution in [2.75, 3.05) is 20.6 Å². The highest BCUT2D eigenvalue weighted by Gasteiger charge is 2.69. The van der Waals surface area contributed by atoms with Crippen LogP contribution < -0.4 is 0 Å². The molecule has 4 aliphatic carbocycles. The first kappa shape index (κ1) is 20.0. The van der Waals surface area contributed by atoms with Crippen LogP contribution in [0.1, 0.15) is 52.7 Å². The lowest BCUT2D eigenvalue weighted by Gasteiger charge is -2.33. The minimum atomic E-state index is -1.26. The van der Waals surface area contributed by atoms with Gasteiger partial charge < -0.3 is 19.8 Å². The first-order valence-corrected chi connectivity index (χ1v) is 11.0. The summed E-state index contributed by atoms with van der Waals surface area (Å²) in [5, 5.41) is 15.6. The standard InChI is InChI=1S/C19H29NO2.C4H4O4/c1-20(2)11-13-12-3-5-18(7-8-18)14-4-6-19(9-10-19)15(14)16(12)22-17(13)21;5-3(6)1-2-4(7)8/h12-16H,3-11H2,1-2H3;1-2H,(H,5,6)(H,7,8)/b;2-1+/t12-,13-,14+,15-,16-;/m0./s1/i13D;. The van der Waals surface area contributed by atoms with Gasteiger partial charge in [-0.05, 0) is 82.2 Å². The molecule has 0 unspecified atom stereocenters. The second-order valence-electron chi connectivity index (χ2n) is 10.2. The van der Waals surface area contributed by atoms with Gasteiger partial charge in [0, 0.05) is 31.9 Å². The van der Waals surface area contributed by atoms with E-state index in [1.165, 1.54) is 44.9 Å². The van der Waals surface area contributed by atoms with Gasteiger partial charge in [-0.25, -0.2) is 9.59 Å². The molecule has 7 nitrogen and oxygen atoms in total. The summed E-state index contributed by atoms with van der Waals surface area (Å²) in [4.78, 5) is 33.8. The van der Waals surface area contributed by atoms with Crippen molar-refractivity contribution in [3.63, 3.8) is 0 Å². The summed E-state index contributed by atoms with van der Waals surface area (Å²) in [6.45, 7) is 0.504. The third kappa shape index (κ3) is 3.88. The fourth-order valence-electron chi connectivity index (χ4n) is 6.59. The van der Waals surface area contributed by atoms with E-state index in [2.05, 4.69) is 0 Å². The minimum absolute atomic E-state index is 0.0370. The van der Waals surface area contributed by atoms with E-state index in [1.54, 1.807) is 0 Å². The van der Waals surface area contributed by atoms with Crippen LogP contribution in [0.15, 0.2) is 12.2 Å². The topological polar surface area (TPSA) is 104 Å². The lowest BCUT2D eigenvalue weighted by Crippen LogP contribution is -2.36. The highest BCUT2D eigenvalue weighted by atomic mass is 16.6. The molecule has 0 amide bonds. The van der Waals surface area contributed by atoms with Crippen LogP contribution in [-0.2, 0) is 19.1 Å². The van der Waals surface area contributed by atoms with Gasteiger partial charge >= 0.3 is 17.9 Å². The van der Waals surface area contributed by atoms with E-state index in [1.807, 2.05) is 19.0 Å². The number of carboxylic acid groups (broad SMARTS) is 2. The molecule has 7 heteroatoms. The molecule has 0 bridgehead atoms. The Morgan fingerprint density at radius 2 is 1.63 bits per heavy atom. The van der Waals surface area contributed by atoms with Gasteiger partial charge in [0.2, 0.25) is 0 Å². The number of ether oxygens (including phenoxy) is 1. The summed E-state index contributed by atoms with van der Waals surface area (Å²) in [7, 11) is 3.94. The molecule has 2 N–H and O–H groups in total. The molecule has 5 rings (SSSR count). The zero-order chi connectivity index (χ0) is 22.6. The quantitative estimate of drug-likeness (QED) is 0.532. The Labute approximate surface area is 178 Å². The highest BCUT2D eigenvalue weighted by molar-refractivity contribution is 5.89. The number of carbonyl (C=O) groups excluding carboxylic acids is 1. The van der Waals surface area contributed by atoms with E-state index in [0.717, 1.165) is 12.3 Å². The van der Waals surface area contributed by atoms with E-state index < -0.39 is 17.8 Å². The number of hydrogen-bond donors (Lipinski definition) is 2. The van der Waals surface area contributed by atoms with Crippen LogP contribution in [0.4, 0.5) is 0 Å².